The van der Waals surface area contributed by atoms with Crippen molar-refractivity contribution in [1.29, 1.82) is 0 Å². The number of aliphatic hydroxyl groups excluding tert-OH is 1. The number of pyridine rings is 1. The van der Waals surface area contributed by atoms with Gasteiger partial charge in [0.2, 0.25) is 0 Å². The van der Waals surface area contributed by atoms with Crippen LogP contribution in [0.1, 0.15) is 24.4 Å². The van der Waals surface area contributed by atoms with Gasteiger partial charge in [-0.1, -0.05) is 0 Å². The first-order chi connectivity index (χ1) is 7.33. The Kier molecular flexibility index (Phi) is 2.73. The molecule has 1 N–H and O–H groups in total. The summed E-state index contributed by atoms with van der Waals surface area (Å²) in [4.78, 5) is 3.96. The van der Waals surface area contributed by atoms with Gasteiger partial charge in [-0.3, -0.25) is 4.98 Å². The molecule has 2 aromatic heterocycles. The summed E-state index contributed by atoms with van der Waals surface area (Å²) in [5.41, 5.74) is 1.11. The molecule has 0 aliphatic rings. The lowest BCUT2D eigenvalue weighted by molar-refractivity contribution is 0.263. The van der Waals surface area contributed by atoms with Gasteiger partial charge >= 0.3 is 0 Å². The van der Waals surface area contributed by atoms with E-state index in [2.05, 4.69) is 15.2 Å². The molecular weight excluding hydrogens is 192 g/mol. The van der Waals surface area contributed by atoms with Crippen LogP contribution in [0.4, 0.5) is 0 Å². The van der Waals surface area contributed by atoms with Crippen molar-refractivity contribution in [3.8, 4) is 0 Å². The van der Waals surface area contributed by atoms with Gasteiger partial charge in [0.05, 0.1) is 6.04 Å². The summed E-state index contributed by atoms with van der Waals surface area (Å²) >= 11 is 0. The van der Waals surface area contributed by atoms with Crippen LogP contribution in [0.2, 0.25) is 0 Å². The minimum atomic E-state index is -0.102. The lowest BCUT2D eigenvalue weighted by Gasteiger charge is -2.14. The minimum Gasteiger partial charge on any atom is -0.388 e. The van der Waals surface area contributed by atoms with Crippen LogP contribution in [0, 0.1) is 0 Å². The Balaban J connectivity index is 2.32. The monoisotopic (exact) mass is 204 g/mol. The molecule has 0 amide bonds. The molecule has 2 heterocycles. The molecule has 5 heteroatoms. The zero-order valence-corrected chi connectivity index (χ0v) is 8.41. The third kappa shape index (κ3) is 1.87. The van der Waals surface area contributed by atoms with E-state index in [4.69, 9.17) is 5.11 Å². The van der Waals surface area contributed by atoms with E-state index in [1.165, 1.54) is 0 Å². The number of rotatable bonds is 3. The molecule has 0 spiro atoms. The molecule has 0 saturated heterocycles. The van der Waals surface area contributed by atoms with Crippen LogP contribution in [0.5, 0.6) is 0 Å². The Hall–Kier alpha value is -1.75. The first kappa shape index (κ1) is 9.79. The molecule has 2 rings (SSSR count). The Morgan fingerprint density at radius 3 is 2.80 bits per heavy atom. The standard InChI is InChI=1S/C10H12N4O/c1-8(9-2-4-11-5-3-9)14-7-12-13-10(14)6-15/h2-5,7-8,15H,6H2,1H3. The molecule has 0 saturated carbocycles. The van der Waals surface area contributed by atoms with Crippen LogP contribution in [0.15, 0.2) is 30.9 Å². The quantitative estimate of drug-likeness (QED) is 0.802. The smallest absolute Gasteiger partial charge is 0.159 e. The van der Waals surface area contributed by atoms with Gasteiger partial charge in [-0.25, -0.2) is 0 Å². The normalized spacial score (nSPS) is 12.7. The predicted molar refractivity (Wildman–Crippen MR) is 54.0 cm³/mol. The molecule has 78 valence electrons. The molecule has 1 atom stereocenters. The van der Waals surface area contributed by atoms with Gasteiger partial charge in [-0.05, 0) is 24.6 Å². The maximum absolute atomic E-state index is 9.07. The van der Waals surface area contributed by atoms with Crippen molar-refractivity contribution in [3.05, 3.63) is 42.2 Å². The maximum Gasteiger partial charge on any atom is 0.159 e. The fourth-order valence-electron chi connectivity index (χ4n) is 1.51. The Morgan fingerprint density at radius 2 is 2.13 bits per heavy atom. The molecule has 0 aliphatic carbocycles. The summed E-state index contributed by atoms with van der Waals surface area (Å²) in [6.45, 7) is 1.92. The van der Waals surface area contributed by atoms with Gasteiger partial charge in [0.25, 0.3) is 0 Å². The second kappa shape index (κ2) is 4.18. The summed E-state index contributed by atoms with van der Waals surface area (Å²) in [7, 11) is 0. The molecule has 0 aliphatic heterocycles. The largest absolute Gasteiger partial charge is 0.388 e. The zero-order chi connectivity index (χ0) is 10.7. The van der Waals surface area contributed by atoms with Crippen LogP contribution in [-0.4, -0.2) is 24.9 Å². The Bertz CT molecular complexity index is 426. The van der Waals surface area contributed by atoms with E-state index in [9.17, 15) is 0 Å². The highest BCUT2D eigenvalue weighted by Gasteiger charge is 2.11. The molecule has 0 radical (unpaired) electrons. The summed E-state index contributed by atoms with van der Waals surface area (Å²) in [5.74, 6) is 0.569. The van der Waals surface area contributed by atoms with Gasteiger partial charge in [-0.2, -0.15) is 0 Å². The predicted octanol–water partition coefficient (Wildman–Crippen LogP) is 0.775. The average Bonchev–Trinajstić information content (AvgIpc) is 2.77. The molecule has 1 unspecified atom stereocenters. The van der Waals surface area contributed by atoms with Crippen molar-refractivity contribution in [1.82, 2.24) is 19.7 Å². The number of aliphatic hydroxyl groups is 1. The molecule has 0 aromatic carbocycles. The second-order valence-electron chi connectivity index (χ2n) is 3.27. The van der Waals surface area contributed by atoms with Crippen LogP contribution in [0.25, 0.3) is 0 Å². The van der Waals surface area contributed by atoms with Crippen molar-refractivity contribution >= 4 is 0 Å². The third-order valence-corrected chi connectivity index (χ3v) is 2.39. The van der Waals surface area contributed by atoms with E-state index in [1.807, 2.05) is 23.6 Å². The van der Waals surface area contributed by atoms with Gasteiger partial charge in [0, 0.05) is 12.4 Å². The van der Waals surface area contributed by atoms with E-state index >= 15 is 0 Å². The van der Waals surface area contributed by atoms with Gasteiger partial charge in [0.15, 0.2) is 5.82 Å². The van der Waals surface area contributed by atoms with Crippen molar-refractivity contribution in [2.75, 3.05) is 0 Å². The summed E-state index contributed by atoms with van der Waals surface area (Å²) in [5, 5.41) is 16.7. The van der Waals surface area contributed by atoms with Crippen molar-refractivity contribution in [3.63, 3.8) is 0 Å². The second-order valence-corrected chi connectivity index (χ2v) is 3.27. The van der Waals surface area contributed by atoms with Crippen LogP contribution in [0.3, 0.4) is 0 Å². The van der Waals surface area contributed by atoms with E-state index < -0.39 is 0 Å². The van der Waals surface area contributed by atoms with Crippen molar-refractivity contribution < 1.29 is 5.11 Å². The third-order valence-electron chi connectivity index (χ3n) is 2.39. The highest BCUT2D eigenvalue weighted by molar-refractivity contribution is 5.15. The molecule has 0 fully saturated rings. The minimum absolute atomic E-state index is 0.102. The fraction of sp³-hybridized carbons (Fsp3) is 0.300. The molecule has 5 nitrogen and oxygen atoms in total. The van der Waals surface area contributed by atoms with E-state index in [0.717, 1.165) is 5.56 Å². The number of hydrogen-bond donors (Lipinski definition) is 1. The first-order valence-corrected chi connectivity index (χ1v) is 4.72. The highest BCUT2D eigenvalue weighted by Crippen LogP contribution is 2.17. The van der Waals surface area contributed by atoms with E-state index in [1.54, 1.807) is 18.7 Å². The first-order valence-electron chi connectivity index (χ1n) is 4.72. The topological polar surface area (TPSA) is 63.8 Å². The molecule has 0 bridgehead atoms. The lowest BCUT2D eigenvalue weighted by atomic mass is 10.1. The maximum atomic E-state index is 9.07. The Morgan fingerprint density at radius 1 is 1.40 bits per heavy atom. The van der Waals surface area contributed by atoms with Crippen LogP contribution in [-0.2, 0) is 6.61 Å². The molecular formula is C10H12N4O. The van der Waals surface area contributed by atoms with Crippen LogP contribution < -0.4 is 0 Å². The summed E-state index contributed by atoms with van der Waals surface area (Å²) in [6, 6.07) is 3.97. The van der Waals surface area contributed by atoms with Gasteiger partial charge < -0.3 is 9.67 Å². The van der Waals surface area contributed by atoms with Gasteiger partial charge in [0.1, 0.15) is 12.9 Å². The van der Waals surface area contributed by atoms with Gasteiger partial charge in [-0.15, -0.1) is 10.2 Å². The highest BCUT2D eigenvalue weighted by atomic mass is 16.3. The van der Waals surface area contributed by atoms with Crippen LogP contribution >= 0.6 is 0 Å². The van der Waals surface area contributed by atoms with E-state index in [-0.39, 0.29) is 12.6 Å². The number of hydrogen-bond acceptors (Lipinski definition) is 4. The van der Waals surface area contributed by atoms with Crippen molar-refractivity contribution in [2.45, 2.75) is 19.6 Å². The number of nitrogens with zero attached hydrogens (tertiary/aromatic N) is 4. The fourth-order valence-corrected chi connectivity index (χ4v) is 1.51. The summed E-state index contributed by atoms with van der Waals surface area (Å²) in [6.07, 6.45) is 5.11. The lowest BCUT2D eigenvalue weighted by Crippen LogP contribution is -2.09. The number of aromatic nitrogens is 4. The molecule has 15 heavy (non-hydrogen) atoms. The van der Waals surface area contributed by atoms with Crippen molar-refractivity contribution in [2.24, 2.45) is 0 Å². The molecule has 2 aromatic rings. The summed E-state index contributed by atoms with van der Waals surface area (Å²) < 4.78 is 1.84. The SMILES string of the molecule is CC(c1ccncc1)n1cnnc1CO. The average molecular weight is 204 g/mol. The Labute approximate surface area is 87.4 Å². The zero-order valence-electron chi connectivity index (χ0n) is 8.41. The van der Waals surface area contributed by atoms with E-state index in [0.29, 0.717) is 5.82 Å².